The largest absolute Gasteiger partial charge is 0.397 e. The molecule has 0 atom stereocenters. The van der Waals surface area contributed by atoms with E-state index in [9.17, 15) is 8.42 Å². The highest BCUT2D eigenvalue weighted by Crippen LogP contribution is 2.29. The van der Waals surface area contributed by atoms with Gasteiger partial charge in [0.15, 0.2) is 0 Å². The van der Waals surface area contributed by atoms with E-state index in [1.165, 1.54) is 4.31 Å². The van der Waals surface area contributed by atoms with E-state index in [2.05, 4.69) is 20.7 Å². The number of halogens is 1. The van der Waals surface area contributed by atoms with Crippen molar-refractivity contribution in [2.24, 2.45) is 0 Å². The fourth-order valence-electron chi connectivity index (χ4n) is 2.21. The van der Waals surface area contributed by atoms with E-state index in [1.807, 2.05) is 13.0 Å². The summed E-state index contributed by atoms with van der Waals surface area (Å²) in [5, 5.41) is 0. The van der Waals surface area contributed by atoms with Crippen LogP contribution in [0.5, 0.6) is 0 Å². The number of nitrogens with zero attached hydrogens (tertiary/aromatic N) is 1. The number of nitrogens with two attached hydrogens (primary N) is 1. The van der Waals surface area contributed by atoms with Crippen molar-refractivity contribution in [1.29, 1.82) is 0 Å². The highest BCUT2D eigenvalue weighted by molar-refractivity contribution is 9.10. The molecule has 1 aliphatic rings. The number of benzene rings is 1. The number of piperidine rings is 1. The van der Waals surface area contributed by atoms with Gasteiger partial charge in [-0.1, -0.05) is 22.4 Å². The van der Waals surface area contributed by atoms with Gasteiger partial charge in [-0.3, -0.25) is 4.72 Å². The molecule has 0 amide bonds. The number of nitrogens with one attached hydrogen (secondary N) is 1. The minimum absolute atomic E-state index is 0.424. The van der Waals surface area contributed by atoms with Crippen molar-refractivity contribution in [2.75, 3.05) is 23.5 Å². The van der Waals surface area contributed by atoms with Crippen LogP contribution in [0.2, 0.25) is 0 Å². The Morgan fingerprint density at radius 2 is 1.89 bits per heavy atom. The first-order valence-corrected chi connectivity index (χ1v) is 8.47. The summed E-state index contributed by atoms with van der Waals surface area (Å²) < 4.78 is 29.5. The first-order chi connectivity index (χ1) is 8.90. The summed E-state index contributed by atoms with van der Waals surface area (Å²) in [5.41, 5.74) is 7.57. The fourth-order valence-corrected chi connectivity index (χ4v) is 4.20. The van der Waals surface area contributed by atoms with Gasteiger partial charge in [0.1, 0.15) is 0 Å². The number of nitrogen functional groups attached to an aromatic ring is 1. The second-order valence-electron chi connectivity index (χ2n) is 4.75. The Kier molecular flexibility index (Phi) is 4.37. The molecule has 1 fully saturated rings. The van der Waals surface area contributed by atoms with Gasteiger partial charge in [0.2, 0.25) is 0 Å². The van der Waals surface area contributed by atoms with E-state index in [0.717, 1.165) is 29.3 Å². The molecule has 0 spiro atoms. The van der Waals surface area contributed by atoms with Crippen LogP contribution in [0.3, 0.4) is 0 Å². The van der Waals surface area contributed by atoms with Gasteiger partial charge in [-0.25, -0.2) is 0 Å². The summed E-state index contributed by atoms with van der Waals surface area (Å²) in [6, 6.07) is 3.53. The number of anilines is 2. The monoisotopic (exact) mass is 347 g/mol. The summed E-state index contributed by atoms with van der Waals surface area (Å²) in [6.45, 7) is 2.98. The lowest BCUT2D eigenvalue weighted by Gasteiger charge is -2.27. The second kappa shape index (κ2) is 5.68. The first kappa shape index (κ1) is 14.6. The lowest BCUT2D eigenvalue weighted by molar-refractivity contribution is 0.349. The molecule has 0 unspecified atom stereocenters. The molecule has 2 rings (SSSR count). The lowest BCUT2D eigenvalue weighted by Crippen LogP contribution is -2.39. The lowest BCUT2D eigenvalue weighted by atomic mass is 10.2. The normalized spacial score (nSPS) is 17.4. The Labute approximate surface area is 122 Å². The number of hydrogen-bond donors (Lipinski definition) is 2. The van der Waals surface area contributed by atoms with Crippen LogP contribution in [-0.2, 0) is 10.2 Å². The summed E-state index contributed by atoms with van der Waals surface area (Å²) in [4.78, 5) is 0. The average molecular weight is 348 g/mol. The number of aryl methyl sites for hydroxylation is 1. The van der Waals surface area contributed by atoms with Gasteiger partial charge in [0.05, 0.1) is 11.4 Å². The molecule has 1 aromatic carbocycles. The van der Waals surface area contributed by atoms with Crippen LogP contribution in [0.25, 0.3) is 0 Å². The third kappa shape index (κ3) is 3.40. The van der Waals surface area contributed by atoms with Crippen LogP contribution < -0.4 is 10.5 Å². The van der Waals surface area contributed by atoms with Gasteiger partial charge >= 0.3 is 10.2 Å². The molecule has 19 heavy (non-hydrogen) atoms. The van der Waals surface area contributed by atoms with E-state index in [0.29, 0.717) is 24.5 Å². The van der Waals surface area contributed by atoms with Gasteiger partial charge in [-0.15, -0.1) is 0 Å². The van der Waals surface area contributed by atoms with E-state index >= 15 is 0 Å². The zero-order valence-electron chi connectivity index (χ0n) is 10.8. The molecule has 3 N–H and O–H groups in total. The van der Waals surface area contributed by atoms with Crippen molar-refractivity contribution in [3.8, 4) is 0 Å². The van der Waals surface area contributed by atoms with Crippen LogP contribution in [0.4, 0.5) is 11.4 Å². The highest BCUT2D eigenvalue weighted by atomic mass is 79.9. The summed E-state index contributed by atoms with van der Waals surface area (Å²) in [5.74, 6) is 0. The van der Waals surface area contributed by atoms with E-state index < -0.39 is 10.2 Å². The molecule has 1 heterocycles. The topological polar surface area (TPSA) is 75.4 Å². The van der Waals surface area contributed by atoms with Crippen LogP contribution in [0, 0.1) is 6.92 Å². The molecule has 0 bridgehead atoms. The van der Waals surface area contributed by atoms with Crippen molar-refractivity contribution in [1.82, 2.24) is 4.31 Å². The Bertz CT molecular complexity index is 545. The zero-order chi connectivity index (χ0) is 14.0. The standard InChI is InChI=1S/C12H18BrN3O2S/c1-9-7-10(13)8-11(14)12(9)15-19(17,18)16-5-3-2-4-6-16/h7-8,15H,2-6,14H2,1H3. The minimum atomic E-state index is -3.51. The maximum atomic E-state index is 12.3. The zero-order valence-corrected chi connectivity index (χ0v) is 13.2. The molecule has 1 aromatic rings. The average Bonchev–Trinajstić information content (AvgIpc) is 2.35. The van der Waals surface area contributed by atoms with E-state index in [-0.39, 0.29) is 0 Å². The SMILES string of the molecule is Cc1cc(Br)cc(N)c1NS(=O)(=O)N1CCCCC1. The van der Waals surface area contributed by atoms with Gasteiger partial charge in [-0.05, 0) is 37.5 Å². The van der Waals surface area contributed by atoms with Crippen LogP contribution in [0.1, 0.15) is 24.8 Å². The molecule has 106 valence electrons. The van der Waals surface area contributed by atoms with Crippen molar-refractivity contribution in [2.45, 2.75) is 26.2 Å². The van der Waals surface area contributed by atoms with Crippen molar-refractivity contribution in [3.05, 3.63) is 22.2 Å². The molecule has 1 aliphatic heterocycles. The van der Waals surface area contributed by atoms with Gasteiger partial charge in [-0.2, -0.15) is 12.7 Å². The molecule has 0 radical (unpaired) electrons. The van der Waals surface area contributed by atoms with Crippen molar-refractivity contribution < 1.29 is 8.42 Å². The number of rotatable bonds is 3. The molecule has 0 aliphatic carbocycles. The molecule has 7 heteroatoms. The first-order valence-electron chi connectivity index (χ1n) is 6.23. The second-order valence-corrected chi connectivity index (χ2v) is 7.34. The van der Waals surface area contributed by atoms with Gasteiger partial charge < -0.3 is 5.73 Å². The van der Waals surface area contributed by atoms with Crippen molar-refractivity contribution in [3.63, 3.8) is 0 Å². The summed E-state index contributed by atoms with van der Waals surface area (Å²) in [7, 11) is -3.51. The van der Waals surface area contributed by atoms with Crippen LogP contribution >= 0.6 is 15.9 Å². The Morgan fingerprint density at radius 1 is 1.26 bits per heavy atom. The van der Waals surface area contributed by atoms with E-state index in [1.54, 1.807) is 6.07 Å². The Hall–Kier alpha value is -0.790. The maximum Gasteiger partial charge on any atom is 0.301 e. The maximum absolute atomic E-state index is 12.3. The Morgan fingerprint density at radius 3 is 2.47 bits per heavy atom. The fraction of sp³-hybridized carbons (Fsp3) is 0.500. The third-order valence-electron chi connectivity index (χ3n) is 3.22. The van der Waals surface area contributed by atoms with Crippen LogP contribution in [0.15, 0.2) is 16.6 Å². The molecule has 5 nitrogen and oxygen atoms in total. The predicted molar refractivity (Wildman–Crippen MR) is 81.3 cm³/mol. The van der Waals surface area contributed by atoms with Crippen LogP contribution in [-0.4, -0.2) is 25.8 Å². The molecular weight excluding hydrogens is 330 g/mol. The number of hydrogen-bond acceptors (Lipinski definition) is 3. The predicted octanol–water partition coefficient (Wildman–Crippen LogP) is 2.48. The van der Waals surface area contributed by atoms with Gasteiger partial charge in [0.25, 0.3) is 0 Å². The van der Waals surface area contributed by atoms with E-state index in [4.69, 9.17) is 5.73 Å². The minimum Gasteiger partial charge on any atom is -0.397 e. The van der Waals surface area contributed by atoms with Crippen molar-refractivity contribution >= 4 is 37.5 Å². The quantitative estimate of drug-likeness (QED) is 0.824. The molecule has 0 saturated carbocycles. The Balaban J connectivity index is 2.25. The molecule has 1 saturated heterocycles. The third-order valence-corrected chi connectivity index (χ3v) is 5.18. The van der Waals surface area contributed by atoms with Gasteiger partial charge in [0, 0.05) is 17.6 Å². The summed E-state index contributed by atoms with van der Waals surface area (Å²) in [6.07, 6.45) is 2.91. The molecule has 0 aromatic heterocycles. The summed E-state index contributed by atoms with van der Waals surface area (Å²) >= 11 is 3.34. The molecular formula is C12H18BrN3O2S. The smallest absolute Gasteiger partial charge is 0.301 e. The highest BCUT2D eigenvalue weighted by Gasteiger charge is 2.24.